The third-order valence-corrected chi connectivity index (χ3v) is 3.33. The van der Waals surface area contributed by atoms with Crippen LogP contribution in [-0.4, -0.2) is 21.9 Å². The Labute approximate surface area is 129 Å². The predicted octanol–water partition coefficient (Wildman–Crippen LogP) is 3.20. The number of benzene rings is 1. The first-order valence-corrected chi connectivity index (χ1v) is 7.11. The van der Waals surface area contributed by atoms with Crippen LogP contribution >= 0.6 is 0 Å². The number of hydrogen-bond acceptors (Lipinski definition) is 4. The van der Waals surface area contributed by atoms with Gasteiger partial charge in [-0.05, 0) is 30.7 Å². The fourth-order valence-corrected chi connectivity index (χ4v) is 2.22. The van der Waals surface area contributed by atoms with Crippen molar-refractivity contribution in [3.8, 4) is 11.6 Å². The van der Waals surface area contributed by atoms with Gasteiger partial charge in [0.1, 0.15) is 11.6 Å². The van der Waals surface area contributed by atoms with Crippen LogP contribution in [0.25, 0.3) is 5.82 Å². The molecule has 3 rings (SSSR count). The molecule has 0 fully saturated rings. The maximum absolute atomic E-state index is 5.36. The summed E-state index contributed by atoms with van der Waals surface area (Å²) in [5.74, 6) is 2.46. The summed E-state index contributed by atoms with van der Waals surface area (Å²) in [7, 11) is 1.68. The van der Waals surface area contributed by atoms with Crippen molar-refractivity contribution in [1.82, 2.24) is 14.8 Å². The lowest BCUT2D eigenvalue weighted by Gasteiger charge is -2.10. The normalized spacial score (nSPS) is 10.5. The highest BCUT2D eigenvalue weighted by Gasteiger charge is 2.04. The monoisotopic (exact) mass is 294 g/mol. The maximum atomic E-state index is 5.36. The smallest absolute Gasteiger partial charge is 0.155 e. The van der Waals surface area contributed by atoms with Gasteiger partial charge in [-0.15, -0.1) is 0 Å². The highest BCUT2D eigenvalue weighted by Crippen LogP contribution is 2.18. The summed E-state index contributed by atoms with van der Waals surface area (Å²) < 4.78 is 7.12. The zero-order chi connectivity index (χ0) is 15.4. The van der Waals surface area contributed by atoms with Crippen LogP contribution in [0, 0.1) is 6.92 Å². The average molecular weight is 294 g/mol. The first-order chi connectivity index (χ1) is 10.8. The molecule has 0 saturated carbocycles. The molecule has 0 bridgehead atoms. The van der Waals surface area contributed by atoms with Crippen molar-refractivity contribution in [3.63, 3.8) is 0 Å². The minimum atomic E-state index is 0.651. The van der Waals surface area contributed by atoms with E-state index in [-0.39, 0.29) is 0 Å². The van der Waals surface area contributed by atoms with Crippen molar-refractivity contribution in [2.24, 2.45) is 0 Å². The van der Waals surface area contributed by atoms with Gasteiger partial charge >= 0.3 is 0 Å². The third kappa shape index (κ3) is 3.09. The van der Waals surface area contributed by atoms with Gasteiger partial charge in [0.05, 0.1) is 13.3 Å². The van der Waals surface area contributed by atoms with Gasteiger partial charge < -0.3 is 10.1 Å². The molecule has 0 atom stereocenters. The fraction of sp³-hybridized carbons (Fsp3) is 0.176. The number of nitrogens with one attached hydrogen (secondary N) is 1. The second-order valence-corrected chi connectivity index (χ2v) is 5.01. The predicted molar refractivity (Wildman–Crippen MR) is 86.4 cm³/mol. The molecular formula is C17H18N4O. The Morgan fingerprint density at radius 2 is 2.00 bits per heavy atom. The first kappa shape index (κ1) is 14.1. The van der Waals surface area contributed by atoms with E-state index in [1.165, 1.54) is 0 Å². The molecule has 0 unspecified atom stereocenters. The molecule has 1 aromatic carbocycles. The molecule has 3 aromatic rings. The van der Waals surface area contributed by atoms with Gasteiger partial charge in [0.25, 0.3) is 0 Å². The molecule has 22 heavy (non-hydrogen) atoms. The second-order valence-electron chi connectivity index (χ2n) is 5.01. The molecule has 112 valence electrons. The number of nitrogens with zero attached hydrogens (tertiary/aromatic N) is 3. The van der Waals surface area contributed by atoms with E-state index < -0.39 is 0 Å². The van der Waals surface area contributed by atoms with E-state index in [0.717, 1.165) is 28.5 Å². The van der Waals surface area contributed by atoms with Crippen LogP contribution in [0.3, 0.4) is 0 Å². The molecule has 5 nitrogen and oxygen atoms in total. The number of methoxy groups -OCH3 is 1. The third-order valence-electron chi connectivity index (χ3n) is 3.33. The summed E-state index contributed by atoms with van der Waals surface area (Å²) in [5, 5.41) is 7.60. The number of hydrogen-bond donors (Lipinski definition) is 1. The van der Waals surface area contributed by atoms with Crippen molar-refractivity contribution in [3.05, 3.63) is 66.0 Å². The van der Waals surface area contributed by atoms with Gasteiger partial charge in [-0.2, -0.15) is 5.10 Å². The van der Waals surface area contributed by atoms with Crippen LogP contribution in [0.1, 0.15) is 11.1 Å². The van der Waals surface area contributed by atoms with E-state index in [0.29, 0.717) is 6.54 Å². The number of aryl methyl sites for hydroxylation is 1. The lowest BCUT2D eigenvalue weighted by Crippen LogP contribution is -2.05. The number of aromatic nitrogens is 3. The molecule has 0 saturated heterocycles. The largest absolute Gasteiger partial charge is 0.496 e. The molecule has 0 spiro atoms. The van der Waals surface area contributed by atoms with E-state index in [1.807, 2.05) is 61.8 Å². The molecule has 2 aromatic heterocycles. The van der Waals surface area contributed by atoms with Crippen molar-refractivity contribution in [2.75, 3.05) is 12.4 Å². The summed E-state index contributed by atoms with van der Waals surface area (Å²) in [6, 6.07) is 13.8. The summed E-state index contributed by atoms with van der Waals surface area (Å²) in [6.07, 6.45) is 3.77. The highest BCUT2D eigenvalue weighted by atomic mass is 16.5. The van der Waals surface area contributed by atoms with Crippen LogP contribution in [0.2, 0.25) is 0 Å². The lowest BCUT2D eigenvalue weighted by atomic mass is 10.2. The van der Waals surface area contributed by atoms with Gasteiger partial charge in [-0.3, -0.25) is 0 Å². The molecular weight excluding hydrogens is 276 g/mol. The van der Waals surface area contributed by atoms with Crippen molar-refractivity contribution in [1.29, 1.82) is 0 Å². The fourth-order valence-electron chi connectivity index (χ4n) is 2.22. The summed E-state index contributed by atoms with van der Waals surface area (Å²) in [5.41, 5.74) is 2.20. The number of anilines is 1. The minimum Gasteiger partial charge on any atom is -0.496 e. The zero-order valence-corrected chi connectivity index (χ0v) is 12.7. The van der Waals surface area contributed by atoms with Gasteiger partial charge in [-0.1, -0.05) is 24.3 Å². The van der Waals surface area contributed by atoms with E-state index in [1.54, 1.807) is 11.8 Å². The lowest BCUT2D eigenvalue weighted by molar-refractivity contribution is 0.410. The topological polar surface area (TPSA) is 52.0 Å². The summed E-state index contributed by atoms with van der Waals surface area (Å²) >= 11 is 0. The molecule has 2 heterocycles. The SMILES string of the molecule is COc1ccccc1CNc1cccc(-n2cc(C)cn2)n1. The molecule has 0 aliphatic heterocycles. The molecule has 0 amide bonds. The van der Waals surface area contributed by atoms with Crippen LogP contribution in [0.4, 0.5) is 5.82 Å². The standard InChI is InChI=1S/C17H18N4O/c1-13-10-19-21(12-13)17-9-5-8-16(20-17)18-11-14-6-3-4-7-15(14)22-2/h3-10,12H,11H2,1-2H3,(H,18,20). The quantitative estimate of drug-likeness (QED) is 0.785. The molecule has 0 radical (unpaired) electrons. The number of para-hydroxylation sites is 1. The van der Waals surface area contributed by atoms with Gasteiger partial charge in [-0.25, -0.2) is 9.67 Å². The van der Waals surface area contributed by atoms with Crippen LogP contribution in [0.5, 0.6) is 5.75 Å². The van der Waals surface area contributed by atoms with E-state index >= 15 is 0 Å². The number of ether oxygens (including phenoxy) is 1. The second kappa shape index (κ2) is 6.30. The highest BCUT2D eigenvalue weighted by molar-refractivity contribution is 5.42. The minimum absolute atomic E-state index is 0.651. The molecule has 0 aliphatic rings. The first-order valence-electron chi connectivity index (χ1n) is 7.11. The molecule has 5 heteroatoms. The Balaban J connectivity index is 1.76. The summed E-state index contributed by atoms with van der Waals surface area (Å²) in [4.78, 5) is 4.58. The number of rotatable bonds is 5. The van der Waals surface area contributed by atoms with Gasteiger partial charge in [0, 0.05) is 18.3 Å². The maximum Gasteiger partial charge on any atom is 0.155 e. The van der Waals surface area contributed by atoms with E-state index in [4.69, 9.17) is 4.74 Å². The Kier molecular flexibility index (Phi) is 4.05. The Hall–Kier alpha value is -2.82. The van der Waals surface area contributed by atoms with Crippen molar-refractivity contribution >= 4 is 5.82 Å². The van der Waals surface area contributed by atoms with Crippen LogP contribution in [0.15, 0.2) is 54.9 Å². The average Bonchev–Trinajstić information content (AvgIpc) is 3.00. The van der Waals surface area contributed by atoms with E-state index in [9.17, 15) is 0 Å². The van der Waals surface area contributed by atoms with Crippen LogP contribution < -0.4 is 10.1 Å². The van der Waals surface area contributed by atoms with Crippen molar-refractivity contribution in [2.45, 2.75) is 13.5 Å². The molecule has 0 aliphatic carbocycles. The van der Waals surface area contributed by atoms with E-state index in [2.05, 4.69) is 15.4 Å². The Morgan fingerprint density at radius 1 is 1.14 bits per heavy atom. The Morgan fingerprint density at radius 3 is 2.77 bits per heavy atom. The Bertz CT molecular complexity index is 767. The van der Waals surface area contributed by atoms with Gasteiger partial charge in [0.15, 0.2) is 5.82 Å². The summed E-state index contributed by atoms with van der Waals surface area (Å²) in [6.45, 7) is 2.66. The zero-order valence-electron chi connectivity index (χ0n) is 12.7. The molecule has 1 N–H and O–H groups in total. The number of pyridine rings is 1. The van der Waals surface area contributed by atoms with Crippen LogP contribution in [-0.2, 0) is 6.54 Å². The van der Waals surface area contributed by atoms with Gasteiger partial charge in [0.2, 0.25) is 0 Å². The van der Waals surface area contributed by atoms with Crippen molar-refractivity contribution < 1.29 is 4.74 Å².